The van der Waals surface area contributed by atoms with E-state index in [9.17, 15) is 33.9 Å². The van der Waals surface area contributed by atoms with Crippen molar-refractivity contribution < 1.29 is 62.3 Å². The summed E-state index contributed by atoms with van der Waals surface area (Å²) in [6.45, 7) is 3.50. The second kappa shape index (κ2) is 17.6. The summed E-state index contributed by atoms with van der Waals surface area (Å²) in [5.74, 6) is -4.57. The lowest BCUT2D eigenvalue weighted by atomic mass is 9.94. The van der Waals surface area contributed by atoms with Crippen molar-refractivity contribution in [1.29, 1.82) is 0 Å². The Hall–Kier alpha value is -5.29. The summed E-state index contributed by atoms with van der Waals surface area (Å²) in [5, 5.41) is 17.5. The number of hydrogen-bond acceptors (Lipinski definition) is 13. The summed E-state index contributed by atoms with van der Waals surface area (Å²) >= 11 is 5.31. The Morgan fingerprint density at radius 1 is 0.725 bits per heavy atom. The predicted molar refractivity (Wildman–Crippen MR) is 180 cm³/mol. The number of fused-ring (bicyclic) bond motifs is 3. The number of carbonyl (C=O) groups excluding carboxylic acids is 5. The van der Waals surface area contributed by atoms with E-state index in [0.29, 0.717) is 0 Å². The second-order valence-corrected chi connectivity index (χ2v) is 12.1. The van der Waals surface area contributed by atoms with Gasteiger partial charge in [-0.15, -0.1) is 0 Å². The fourth-order valence-corrected chi connectivity index (χ4v) is 6.08. The molecular weight excluding hydrogens is 690 g/mol. The summed E-state index contributed by atoms with van der Waals surface area (Å²) in [5.41, 5.74) is 4.08. The summed E-state index contributed by atoms with van der Waals surface area (Å²) in [7, 11) is 0. The van der Waals surface area contributed by atoms with Gasteiger partial charge in [0.2, 0.25) is 0 Å². The number of thiocarbonyl (C=S) groups is 1. The molecule has 0 spiro atoms. The minimum atomic E-state index is -1.45. The number of hydrogen-bond donors (Lipinski definition) is 4. The molecule has 4 N–H and O–H groups in total. The molecule has 2 aliphatic rings. The molecule has 1 amide bonds. The molecule has 6 atom stereocenters. The molecule has 4 rings (SSSR count). The maximum Gasteiger partial charge on any atom is 0.407 e. The normalized spacial score (nSPS) is 21.1. The molecule has 2 aromatic rings. The minimum Gasteiger partial charge on any atom is -0.480 e. The van der Waals surface area contributed by atoms with Gasteiger partial charge in [-0.25, -0.2) is 9.59 Å². The molecule has 51 heavy (non-hydrogen) atoms. The average molecular weight is 730 g/mol. The van der Waals surface area contributed by atoms with E-state index in [-0.39, 0.29) is 30.7 Å². The Morgan fingerprint density at radius 3 is 1.78 bits per heavy atom. The van der Waals surface area contributed by atoms with E-state index in [4.69, 9.17) is 40.6 Å². The zero-order chi connectivity index (χ0) is 37.2. The standard InChI is InChI=1S/C34H39N3O13S/c1-17(38)45-16-28-30(48-19(3)40)31(49-20(4)41)29(47-18(2)39)27(50-28)14-36-33(51)35-13-26(32(42)43)37-34(44)46-15-25-23-11-7-5-9-21(23)22-10-6-8-12-24(22)25/h5-12,25-31H,13-16H2,1-4H3,(H,37,44)(H,42,43)(H2,35,36,51)/t26-,27+,28+,29-,30+,31+/m0/s1. The summed E-state index contributed by atoms with van der Waals surface area (Å²) < 4.78 is 32.7. The van der Waals surface area contributed by atoms with E-state index >= 15 is 0 Å². The number of alkyl carbamates (subject to hydrolysis) is 1. The molecular formula is C34H39N3O13S. The van der Waals surface area contributed by atoms with Crippen molar-refractivity contribution in [1.82, 2.24) is 16.0 Å². The summed E-state index contributed by atoms with van der Waals surface area (Å²) in [6, 6.07) is 14.1. The van der Waals surface area contributed by atoms with Gasteiger partial charge in [0.15, 0.2) is 23.4 Å². The Balaban J connectivity index is 1.37. The van der Waals surface area contributed by atoms with Gasteiger partial charge in [0.1, 0.15) is 31.5 Å². The Morgan fingerprint density at radius 2 is 1.25 bits per heavy atom. The molecule has 1 saturated heterocycles. The van der Waals surface area contributed by atoms with Gasteiger partial charge in [-0.3, -0.25) is 19.2 Å². The van der Waals surface area contributed by atoms with E-state index < -0.39 is 79.1 Å². The van der Waals surface area contributed by atoms with Gasteiger partial charge in [-0.05, 0) is 34.5 Å². The third-order valence-electron chi connectivity index (χ3n) is 7.95. The van der Waals surface area contributed by atoms with Gasteiger partial charge in [-0.2, -0.15) is 0 Å². The van der Waals surface area contributed by atoms with Gasteiger partial charge < -0.3 is 49.5 Å². The van der Waals surface area contributed by atoms with Crippen LogP contribution in [0, 0.1) is 0 Å². The van der Waals surface area contributed by atoms with Crippen LogP contribution in [0.3, 0.4) is 0 Å². The lowest BCUT2D eigenvalue weighted by molar-refractivity contribution is -0.251. The molecule has 0 aromatic heterocycles. The first kappa shape index (κ1) is 38.5. The molecule has 0 saturated carbocycles. The molecule has 1 aliphatic heterocycles. The molecule has 2 aromatic carbocycles. The van der Waals surface area contributed by atoms with Crippen LogP contribution in [0.5, 0.6) is 0 Å². The first-order chi connectivity index (χ1) is 24.2. The molecule has 1 fully saturated rings. The predicted octanol–water partition coefficient (Wildman–Crippen LogP) is 1.57. The van der Waals surface area contributed by atoms with Crippen LogP contribution in [-0.2, 0) is 52.4 Å². The maximum absolute atomic E-state index is 12.7. The number of esters is 4. The molecule has 1 heterocycles. The highest BCUT2D eigenvalue weighted by molar-refractivity contribution is 7.80. The van der Waals surface area contributed by atoms with Gasteiger partial charge in [-0.1, -0.05) is 48.5 Å². The molecule has 274 valence electrons. The van der Waals surface area contributed by atoms with Gasteiger partial charge in [0.25, 0.3) is 0 Å². The van der Waals surface area contributed by atoms with Crippen LogP contribution in [-0.4, -0.2) is 109 Å². The van der Waals surface area contributed by atoms with Crippen molar-refractivity contribution in [2.75, 3.05) is 26.3 Å². The molecule has 0 bridgehead atoms. The van der Waals surface area contributed by atoms with Crippen LogP contribution >= 0.6 is 12.2 Å². The third-order valence-corrected chi connectivity index (χ3v) is 8.24. The van der Waals surface area contributed by atoms with Crippen LogP contribution in [0.25, 0.3) is 11.1 Å². The smallest absolute Gasteiger partial charge is 0.407 e. The lowest BCUT2D eigenvalue weighted by Gasteiger charge is -2.44. The number of rotatable bonds is 13. The first-order valence-electron chi connectivity index (χ1n) is 15.9. The molecule has 1 aliphatic carbocycles. The van der Waals surface area contributed by atoms with E-state index in [2.05, 4.69) is 16.0 Å². The Bertz CT molecular complexity index is 1610. The van der Waals surface area contributed by atoms with Crippen LogP contribution in [0.1, 0.15) is 44.7 Å². The first-order valence-corrected chi connectivity index (χ1v) is 16.3. The summed E-state index contributed by atoms with van der Waals surface area (Å²) in [4.78, 5) is 72.3. The number of benzene rings is 2. The highest BCUT2D eigenvalue weighted by atomic mass is 32.1. The van der Waals surface area contributed by atoms with Gasteiger partial charge in [0.05, 0.1) is 0 Å². The SMILES string of the molecule is CC(=O)OC[C@H]1O[C@H](CNC(=S)NC[C@H](NC(=O)OCC2c3ccccc3-c3ccccc32)C(=O)O)[C@H](OC(C)=O)[C@@H](OC(C)=O)[C@@H]1OC(C)=O. The van der Waals surface area contributed by atoms with Gasteiger partial charge in [0, 0.05) is 46.7 Å². The van der Waals surface area contributed by atoms with E-state index in [1.54, 1.807) is 0 Å². The number of carboxylic acid groups (broad SMARTS) is 1. The van der Waals surface area contributed by atoms with Crippen molar-refractivity contribution in [3.05, 3.63) is 59.7 Å². The highest BCUT2D eigenvalue weighted by Crippen LogP contribution is 2.44. The quantitative estimate of drug-likeness (QED) is 0.131. The lowest BCUT2D eigenvalue weighted by Crippen LogP contribution is -2.64. The monoisotopic (exact) mass is 729 g/mol. The Labute approximate surface area is 298 Å². The zero-order valence-electron chi connectivity index (χ0n) is 28.2. The molecule has 0 unspecified atom stereocenters. The number of amides is 1. The summed E-state index contributed by atoms with van der Waals surface area (Å²) in [6.07, 6.45) is -7.21. The Kier molecular flexibility index (Phi) is 13.3. The average Bonchev–Trinajstić information content (AvgIpc) is 3.38. The number of nitrogens with one attached hydrogen (secondary N) is 3. The minimum absolute atomic E-state index is 0.0183. The fourth-order valence-electron chi connectivity index (χ4n) is 5.92. The number of carboxylic acids is 1. The number of aliphatic carboxylic acids is 1. The largest absolute Gasteiger partial charge is 0.480 e. The van der Waals surface area contributed by atoms with Crippen molar-refractivity contribution in [3.8, 4) is 11.1 Å². The maximum atomic E-state index is 12.7. The van der Waals surface area contributed by atoms with Crippen molar-refractivity contribution in [3.63, 3.8) is 0 Å². The van der Waals surface area contributed by atoms with Crippen LogP contribution in [0.4, 0.5) is 4.79 Å². The fraction of sp³-hybridized carbons (Fsp3) is 0.441. The number of carbonyl (C=O) groups is 6. The highest BCUT2D eigenvalue weighted by Gasteiger charge is 2.52. The van der Waals surface area contributed by atoms with Crippen molar-refractivity contribution in [2.24, 2.45) is 0 Å². The topological polar surface area (TPSA) is 214 Å². The van der Waals surface area contributed by atoms with Crippen LogP contribution < -0.4 is 16.0 Å². The molecule has 16 nitrogen and oxygen atoms in total. The van der Waals surface area contributed by atoms with Crippen molar-refractivity contribution >= 4 is 53.3 Å². The van der Waals surface area contributed by atoms with E-state index in [1.165, 1.54) is 0 Å². The second-order valence-electron chi connectivity index (χ2n) is 11.7. The molecule has 17 heteroatoms. The van der Waals surface area contributed by atoms with Crippen LogP contribution in [0.15, 0.2) is 48.5 Å². The zero-order valence-corrected chi connectivity index (χ0v) is 29.1. The molecule has 0 radical (unpaired) electrons. The third kappa shape index (κ3) is 10.4. The number of ether oxygens (including phenoxy) is 6. The van der Waals surface area contributed by atoms with Gasteiger partial charge >= 0.3 is 35.9 Å². The van der Waals surface area contributed by atoms with Crippen molar-refractivity contribution in [2.45, 2.75) is 70.2 Å². The van der Waals surface area contributed by atoms with E-state index in [0.717, 1.165) is 49.9 Å². The van der Waals surface area contributed by atoms with Crippen LogP contribution in [0.2, 0.25) is 0 Å². The van der Waals surface area contributed by atoms with E-state index in [1.807, 2.05) is 48.5 Å².